The molecule has 2 aliphatic rings. The molecule has 1 saturated carbocycles. The molecule has 0 radical (unpaired) electrons. The first-order valence-electron chi connectivity index (χ1n) is 8.19. The average Bonchev–Trinajstić information content (AvgIpc) is 2.61. The van der Waals surface area contributed by atoms with Crippen molar-refractivity contribution in [1.29, 1.82) is 0 Å². The van der Waals surface area contributed by atoms with Crippen LogP contribution in [-0.2, 0) is 6.54 Å². The number of fused-ring (bicyclic) bond motifs is 1. The number of nitrogens with one attached hydrogen (secondary N) is 2. The van der Waals surface area contributed by atoms with Gasteiger partial charge in [0.05, 0.1) is 0 Å². The van der Waals surface area contributed by atoms with Crippen LogP contribution in [0.1, 0.15) is 63.1 Å². The highest BCUT2D eigenvalue weighted by atomic mass is 15.0. The highest BCUT2D eigenvalue weighted by Gasteiger charge is 2.30. The summed E-state index contributed by atoms with van der Waals surface area (Å²) in [5.74, 6) is 0. The number of hydrogen-bond donors (Lipinski definition) is 2. The molecule has 1 aromatic rings. The Kier molecular flexibility index (Phi) is 4.13. The maximum atomic E-state index is 3.97. The number of rotatable bonds is 2. The van der Waals surface area contributed by atoms with Gasteiger partial charge in [-0.05, 0) is 48.8 Å². The van der Waals surface area contributed by atoms with Crippen LogP contribution in [0, 0.1) is 5.41 Å². The van der Waals surface area contributed by atoms with Gasteiger partial charge in [0.1, 0.15) is 0 Å². The van der Waals surface area contributed by atoms with Crippen molar-refractivity contribution in [3.8, 4) is 0 Å². The molecule has 0 spiro atoms. The highest BCUT2D eigenvalue weighted by Crippen LogP contribution is 2.36. The van der Waals surface area contributed by atoms with E-state index < -0.39 is 0 Å². The Balaban J connectivity index is 1.73. The predicted octanol–water partition coefficient (Wildman–Crippen LogP) is 3.78. The van der Waals surface area contributed by atoms with Crippen LogP contribution in [0.5, 0.6) is 0 Å². The fourth-order valence-corrected chi connectivity index (χ4v) is 3.96. The van der Waals surface area contributed by atoms with Crippen LogP contribution in [-0.4, -0.2) is 12.6 Å². The quantitative estimate of drug-likeness (QED) is 0.856. The van der Waals surface area contributed by atoms with Crippen molar-refractivity contribution in [3.05, 3.63) is 35.4 Å². The smallest absolute Gasteiger partial charge is 0.0337 e. The molecule has 2 N–H and O–H groups in total. The predicted molar refractivity (Wildman–Crippen MR) is 84.7 cm³/mol. The summed E-state index contributed by atoms with van der Waals surface area (Å²) < 4.78 is 0. The van der Waals surface area contributed by atoms with Gasteiger partial charge in [0, 0.05) is 18.6 Å². The summed E-state index contributed by atoms with van der Waals surface area (Å²) in [6.07, 6.45) is 6.62. The molecule has 110 valence electrons. The van der Waals surface area contributed by atoms with Crippen molar-refractivity contribution in [3.63, 3.8) is 0 Å². The van der Waals surface area contributed by atoms with Gasteiger partial charge in [-0.3, -0.25) is 0 Å². The van der Waals surface area contributed by atoms with Gasteiger partial charge in [0.25, 0.3) is 0 Å². The van der Waals surface area contributed by atoms with E-state index >= 15 is 0 Å². The second-order valence-electron chi connectivity index (χ2n) is 7.34. The van der Waals surface area contributed by atoms with Gasteiger partial charge in [-0.25, -0.2) is 0 Å². The minimum absolute atomic E-state index is 0.512. The zero-order chi connectivity index (χ0) is 14.0. The van der Waals surface area contributed by atoms with Gasteiger partial charge in [-0.2, -0.15) is 0 Å². The van der Waals surface area contributed by atoms with E-state index in [0.29, 0.717) is 17.5 Å². The fourth-order valence-electron chi connectivity index (χ4n) is 3.96. The third-order valence-corrected chi connectivity index (χ3v) is 5.00. The van der Waals surface area contributed by atoms with Crippen molar-refractivity contribution < 1.29 is 0 Å². The van der Waals surface area contributed by atoms with E-state index in [-0.39, 0.29) is 0 Å². The second kappa shape index (κ2) is 5.87. The van der Waals surface area contributed by atoms with E-state index in [1.807, 2.05) is 0 Å². The molecule has 0 aromatic heterocycles. The Hall–Kier alpha value is -0.860. The first kappa shape index (κ1) is 14.1. The summed E-state index contributed by atoms with van der Waals surface area (Å²) in [4.78, 5) is 0. The van der Waals surface area contributed by atoms with E-state index in [2.05, 4.69) is 48.7 Å². The van der Waals surface area contributed by atoms with Gasteiger partial charge < -0.3 is 10.6 Å². The molecule has 1 aliphatic carbocycles. The van der Waals surface area contributed by atoms with E-state index in [9.17, 15) is 0 Å². The van der Waals surface area contributed by atoms with Crippen LogP contribution in [0.2, 0.25) is 0 Å². The number of hydrogen-bond acceptors (Lipinski definition) is 2. The van der Waals surface area contributed by atoms with E-state index in [1.54, 1.807) is 0 Å². The maximum absolute atomic E-state index is 3.97. The lowest BCUT2D eigenvalue weighted by Gasteiger charge is -2.37. The summed E-state index contributed by atoms with van der Waals surface area (Å²) in [7, 11) is 0. The van der Waals surface area contributed by atoms with Crippen LogP contribution >= 0.6 is 0 Å². The second-order valence-corrected chi connectivity index (χ2v) is 7.34. The zero-order valence-electron chi connectivity index (χ0n) is 12.9. The van der Waals surface area contributed by atoms with Gasteiger partial charge in [0.2, 0.25) is 0 Å². The highest BCUT2D eigenvalue weighted by molar-refractivity contribution is 5.31. The monoisotopic (exact) mass is 272 g/mol. The minimum atomic E-state index is 0.512. The maximum Gasteiger partial charge on any atom is 0.0337 e. The Morgan fingerprint density at radius 1 is 1.20 bits per heavy atom. The van der Waals surface area contributed by atoms with Crippen molar-refractivity contribution >= 4 is 0 Å². The first-order chi connectivity index (χ1) is 9.64. The van der Waals surface area contributed by atoms with Crippen molar-refractivity contribution in [1.82, 2.24) is 10.6 Å². The molecule has 20 heavy (non-hydrogen) atoms. The van der Waals surface area contributed by atoms with Gasteiger partial charge >= 0.3 is 0 Å². The van der Waals surface area contributed by atoms with E-state index in [0.717, 1.165) is 13.1 Å². The molecule has 1 aromatic carbocycles. The Labute approximate surface area is 123 Å². The van der Waals surface area contributed by atoms with Crippen LogP contribution in [0.3, 0.4) is 0 Å². The van der Waals surface area contributed by atoms with Crippen molar-refractivity contribution in [2.24, 2.45) is 5.41 Å². The SMILES string of the molecule is CC1(C)CCCC(NC2CCNCc3ccccc32)C1. The molecule has 1 fully saturated rings. The first-order valence-corrected chi connectivity index (χ1v) is 8.19. The summed E-state index contributed by atoms with van der Waals surface area (Å²) in [5.41, 5.74) is 3.50. The average molecular weight is 272 g/mol. The summed E-state index contributed by atoms with van der Waals surface area (Å²) in [6.45, 7) is 6.97. The van der Waals surface area contributed by atoms with E-state index in [4.69, 9.17) is 0 Å². The molecule has 0 amide bonds. The Morgan fingerprint density at radius 2 is 2.05 bits per heavy atom. The molecular weight excluding hydrogens is 244 g/mol. The lowest BCUT2D eigenvalue weighted by Crippen LogP contribution is -2.39. The van der Waals surface area contributed by atoms with Gasteiger partial charge in [-0.15, -0.1) is 0 Å². The van der Waals surface area contributed by atoms with E-state index in [1.165, 1.54) is 43.2 Å². The van der Waals surface area contributed by atoms with Crippen LogP contribution in [0.25, 0.3) is 0 Å². The summed E-state index contributed by atoms with van der Waals surface area (Å²) in [5, 5.41) is 7.52. The third-order valence-electron chi connectivity index (χ3n) is 5.00. The Bertz CT molecular complexity index is 452. The molecule has 1 heterocycles. The molecule has 0 saturated heterocycles. The fraction of sp³-hybridized carbons (Fsp3) is 0.667. The third kappa shape index (κ3) is 3.24. The number of benzene rings is 1. The summed E-state index contributed by atoms with van der Waals surface area (Å²) in [6, 6.07) is 10.1. The molecule has 2 unspecified atom stereocenters. The molecule has 2 nitrogen and oxygen atoms in total. The molecular formula is C18H28N2. The van der Waals surface area contributed by atoms with Crippen LogP contribution < -0.4 is 10.6 Å². The molecule has 2 heteroatoms. The van der Waals surface area contributed by atoms with Crippen molar-refractivity contribution in [2.75, 3.05) is 6.54 Å². The molecule has 2 atom stereocenters. The molecule has 3 rings (SSSR count). The topological polar surface area (TPSA) is 24.1 Å². The lowest BCUT2D eigenvalue weighted by molar-refractivity contribution is 0.187. The normalized spacial score (nSPS) is 29.5. The molecule has 0 bridgehead atoms. The summed E-state index contributed by atoms with van der Waals surface area (Å²) >= 11 is 0. The van der Waals surface area contributed by atoms with Gasteiger partial charge in [-0.1, -0.05) is 44.5 Å². The zero-order valence-corrected chi connectivity index (χ0v) is 12.9. The Morgan fingerprint density at radius 3 is 2.90 bits per heavy atom. The van der Waals surface area contributed by atoms with Crippen molar-refractivity contribution in [2.45, 2.75) is 64.6 Å². The van der Waals surface area contributed by atoms with Crippen LogP contribution in [0.4, 0.5) is 0 Å². The standard InChI is InChI=1S/C18H28N2/c1-18(2)10-5-7-15(12-18)20-17-9-11-19-13-14-6-3-4-8-16(14)17/h3-4,6,8,15,17,19-20H,5,7,9-13H2,1-2H3. The van der Waals surface area contributed by atoms with Gasteiger partial charge in [0.15, 0.2) is 0 Å². The minimum Gasteiger partial charge on any atom is -0.313 e. The van der Waals surface area contributed by atoms with Crippen LogP contribution in [0.15, 0.2) is 24.3 Å². The lowest BCUT2D eigenvalue weighted by atomic mass is 9.75. The molecule has 1 aliphatic heterocycles. The largest absolute Gasteiger partial charge is 0.313 e.